The van der Waals surface area contributed by atoms with Gasteiger partial charge < -0.3 is 0 Å². The minimum Gasteiger partial charge on any atom is -0.182 e. The zero-order chi connectivity index (χ0) is 11.8. The molecule has 0 spiro atoms. The molecule has 0 aromatic heterocycles. The predicted octanol–water partition coefficient (Wildman–Crippen LogP) is 3.66. The second-order valence-electron chi connectivity index (χ2n) is 5.22. The Bertz CT molecular complexity index is 452. The van der Waals surface area contributed by atoms with Crippen LogP contribution in [0.3, 0.4) is 0 Å². The lowest BCUT2D eigenvalue weighted by molar-refractivity contribution is 0.529. The molecule has 0 saturated heterocycles. The summed E-state index contributed by atoms with van der Waals surface area (Å²) in [6, 6.07) is 8.32. The molecular formula is C14H16BCl. The van der Waals surface area contributed by atoms with Crippen LogP contribution in [0.4, 0.5) is 0 Å². The van der Waals surface area contributed by atoms with Crippen molar-refractivity contribution >= 4 is 29.1 Å². The molecule has 0 saturated carbocycles. The summed E-state index contributed by atoms with van der Waals surface area (Å²) in [6.07, 6.45) is 6.36. The molecular weight excluding hydrogens is 214 g/mol. The summed E-state index contributed by atoms with van der Waals surface area (Å²) >= 11 is 6.59. The van der Waals surface area contributed by atoms with Gasteiger partial charge in [0.25, 0.3) is 0 Å². The van der Waals surface area contributed by atoms with Crippen molar-refractivity contribution in [2.75, 3.05) is 0 Å². The number of hydrogen-bond acceptors (Lipinski definition) is 0. The smallest absolute Gasteiger partial charge is 0.182 e. The van der Waals surface area contributed by atoms with E-state index in [9.17, 15) is 0 Å². The van der Waals surface area contributed by atoms with Gasteiger partial charge in [-0.3, -0.25) is 0 Å². The summed E-state index contributed by atoms with van der Waals surface area (Å²) in [6.45, 7) is 6.61. The van der Waals surface area contributed by atoms with Crippen LogP contribution in [0.5, 0.6) is 0 Å². The first-order valence-corrected chi connectivity index (χ1v) is 6.05. The summed E-state index contributed by atoms with van der Waals surface area (Å²) in [4.78, 5) is 0. The Labute approximate surface area is 103 Å². The lowest BCUT2D eigenvalue weighted by Gasteiger charge is -2.25. The number of allylic oxidation sites excluding steroid dienone is 3. The fourth-order valence-corrected chi connectivity index (χ4v) is 2.63. The highest BCUT2D eigenvalue weighted by Gasteiger charge is 2.30. The van der Waals surface area contributed by atoms with Crippen molar-refractivity contribution in [2.45, 2.75) is 20.8 Å². The van der Waals surface area contributed by atoms with Gasteiger partial charge in [0.1, 0.15) is 0 Å². The Morgan fingerprint density at radius 2 is 1.81 bits per heavy atom. The molecule has 0 amide bonds. The number of rotatable bonds is 0. The Morgan fingerprint density at radius 3 is 2.50 bits per heavy atom. The lowest BCUT2D eigenvalue weighted by atomic mass is 9.53. The van der Waals surface area contributed by atoms with E-state index in [-0.39, 0.29) is 11.5 Å². The molecule has 0 fully saturated rings. The predicted molar refractivity (Wildman–Crippen MR) is 74.3 cm³/mol. The number of hydrogen-bond donors (Lipinski definition) is 0. The first-order chi connectivity index (χ1) is 7.50. The van der Waals surface area contributed by atoms with Crippen LogP contribution in [0.2, 0.25) is 0 Å². The molecule has 0 atom stereocenters. The third kappa shape index (κ3) is 2.10. The van der Waals surface area contributed by atoms with Gasteiger partial charge in [0.2, 0.25) is 0 Å². The van der Waals surface area contributed by atoms with Crippen LogP contribution in [0.15, 0.2) is 41.9 Å². The maximum Gasteiger partial charge on any atom is 0.312 e. The average molecular weight is 231 g/mol. The Morgan fingerprint density at radius 1 is 1.12 bits per heavy atom. The van der Waals surface area contributed by atoms with E-state index in [2.05, 4.69) is 57.2 Å². The van der Waals surface area contributed by atoms with Crippen molar-refractivity contribution < 1.29 is 0 Å². The van der Waals surface area contributed by atoms with E-state index in [1.807, 2.05) is 6.07 Å². The molecule has 1 heterocycles. The van der Waals surface area contributed by atoms with Gasteiger partial charge in [0.05, 0.1) is 0 Å². The molecule has 2 rings (SSSR count). The van der Waals surface area contributed by atoms with Crippen LogP contribution in [0.25, 0.3) is 6.08 Å². The van der Waals surface area contributed by atoms with Crippen molar-refractivity contribution in [2.24, 2.45) is 5.41 Å². The van der Waals surface area contributed by atoms with E-state index in [0.29, 0.717) is 0 Å². The van der Waals surface area contributed by atoms with Gasteiger partial charge in [-0.2, -0.15) is 11.5 Å². The topological polar surface area (TPSA) is 0 Å². The van der Waals surface area contributed by atoms with Gasteiger partial charge in [0.15, 0.2) is 0 Å². The van der Waals surface area contributed by atoms with Crippen LogP contribution >= 0.6 is 11.5 Å². The van der Waals surface area contributed by atoms with Gasteiger partial charge in [0, 0.05) is 0 Å². The summed E-state index contributed by atoms with van der Waals surface area (Å²) < 4.78 is 0. The molecule has 0 radical (unpaired) electrons. The van der Waals surface area contributed by atoms with E-state index in [1.54, 1.807) is 0 Å². The normalized spacial score (nSPS) is 15.5. The van der Waals surface area contributed by atoms with Gasteiger partial charge in [-0.05, 0) is 11.0 Å². The molecule has 2 heteroatoms. The van der Waals surface area contributed by atoms with Crippen LogP contribution < -0.4 is 5.46 Å². The lowest BCUT2D eigenvalue weighted by Crippen LogP contribution is -2.33. The fraction of sp³-hybridized carbons (Fsp3) is 0.286. The molecule has 1 aromatic rings. The molecule has 1 aliphatic rings. The number of benzene rings is 1. The standard InChI is InChI=1S/C14H16BCl/c1-14(2,3)13-10-6-8-11-7-4-5-9-12(11)15(13)16/h4-10H,1-3H3. The Balaban J connectivity index is 2.51. The molecule has 0 nitrogen and oxygen atoms in total. The molecule has 0 unspecified atom stereocenters. The Hall–Kier alpha value is -0.945. The van der Waals surface area contributed by atoms with E-state index in [1.165, 1.54) is 16.5 Å². The fourth-order valence-electron chi connectivity index (χ4n) is 2.03. The summed E-state index contributed by atoms with van der Waals surface area (Å²) in [5.74, 6) is 0. The molecule has 16 heavy (non-hydrogen) atoms. The van der Waals surface area contributed by atoms with Crippen LogP contribution in [0, 0.1) is 5.41 Å². The van der Waals surface area contributed by atoms with Crippen LogP contribution in [-0.2, 0) is 0 Å². The minimum atomic E-state index is -0.0220. The van der Waals surface area contributed by atoms with Crippen molar-refractivity contribution in [3.05, 3.63) is 47.5 Å². The highest BCUT2D eigenvalue weighted by Crippen LogP contribution is 2.30. The molecule has 1 aliphatic heterocycles. The van der Waals surface area contributed by atoms with Gasteiger partial charge in [-0.25, -0.2) is 0 Å². The zero-order valence-corrected chi connectivity index (χ0v) is 10.8. The van der Waals surface area contributed by atoms with E-state index < -0.39 is 0 Å². The third-order valence-corrected chi connectivity index (χ3v) is 3.43. The molecule has 1 aromatic carbocycles. The number of fused-ring (bicyclic) bond motifs is 1. The number of halogens is 1. The van der Waals surface area contributed by atoms with Crippen molar-refractivity contribution in [3.8, 4) is 0 Å². The van der Waals surface area contributed by atoms with Crippen molar-refractivity contribution in [3.63, 3.8) is 0 Å². The molecule has 0 bridgehead atoms. The molecule has 82 valence electrons. The molecule has 0 aliphatic carbocycles. The largest absolute Gasteiger partial charge is 0.312 e. The van der Waals surface area contributed by atoms with Crippen LogP contribution in [0.1, 0.15) is 26.3 Å². The summed E-state index contributed by atoms with van der Waals surface area (Å²) in [5.41, 5.74) is 3.81. The van der Waals surface area contributed by atoms with Crippen LogP contribution in [-0.4, -0.2) is 6.13 Å². The van der Waals surface area contributed by atoms with Gasteiger partial charge in [-0.1, -0.05) is 74.2 Å². The van der Waals surface area contributed by atoms with E-state index in [0.717, 1.165) is 0 Å². The maximum atomic E-state index is 6.59. The van der Waals surface area contributed by atoms with Crippen molar-refractivity contribution in [1.82, 2.24) is 0 Å². The average Bonchev–Trinajstić information content (AvgIpc) is 2.38. The third-order valence-electron chi connectivity index (χ3n) is 2.96. The SMILES string of the molecule is CC(C)(C)C1=CC=Cc2ccccc2B1Cl. The van der Waals surface area contributed by atoms with Crippen molar-refractivity contribution in [1.29, 1.82) is 0 Å². The molecule has 0 N–H and O–H groups in total. The quantitative estimate of drug-likeness (QED) is 0.597. The second-order valence-corrected chi connectivity index (χ2v) is 5.66. The van der Waals surface area contributed by atoms with E-state index >= 15 is 0 Å². The zero-order valence-electron chi connectivity index (χ0n) is 10.00. The summed E-state index contributed by atoms with van der Waals surface area (Å²) in [7, 11) is 0. The highest BCUT2D eigenvalue weighted by molar-refractivity contribution is 7.18. The first-order valence-electron chi connectivity index (χ1n) is 5.62. The first kappa shape index (κ1) is 11.5. The van der Waals surface area contributed by atoms with E-state index in [4.69, 9.17) is 11.5 Å². The second kappa shape index (κ2) is 4.14. The monoisotopic (exact) mass is 230 g/mol. The maximum absolute atomic E-state index is 6.59. The Kier molecular flexibility index (Phi) is 2.99. The van der Waals surface area contributed by atoms with Gasteiger partial charge in [-0.15, -0.1) is 0 Å². The van der Waals surface area contributed by atoms with Gasteiger partial charge >= 0.3 is 6.13 Å². The summed E-state index contributed by atoms with van der Waals surface area (Å²) in [5, 5.41) is 0. The minimum absolute atomic E-state index is 0.0220. The highest BCUT2D eigenvalue weighted by atomic mass is 35.5.